The van der Waals surface area contributed by atoms with E-state index in [1.165, 1.54) is 18.4 Å². The molecule has 0 unspecified atom stereocenters. The number of ether oxygens (including phenoxy) is 2. The van der Waals surface area contributed by atoms with Crippen LogP contribution >= 0.6 is 0 Å². The van der Waals surface area contributed by atoms with Crippen molar-refractivity contribution in [3.05, 3.63) is 29.1 Å². The van der Waals surface area contributed by atoms with E-state index in [1.54, 1.807) is 6.20 Å². The number of rotatable bonds is 2. The van der Waals surface area contributed by atoms with Crippen molar-refractivity contribution in [3.8, 4) is 0 Å². The average molecular weight is 414 g/mol. The van der Waals surface area contributed by atoms with Crippen molar-refractivity contribution < 1.29 is 19.1 Å². The molecular weight excluding hydrogens is 382 g/mol. The first kappa shape index (κ1) is 19.9. The van der Waals surface area contributed by atoms with Crippen molar-refractivity contribution in [1.82, 2.24) is 14.8 Å². The molecule has 2 amide bonds. The van der Waals surface area contributed by atoms with Crippen LogP contribution in [-0.2, 0) is 27.1 Å². The van der Waals surface area contributed by atoms with Gasteiger partial charge in [0, 0.05) is 56.6 Å². The second-order valence-electron chi connectivity index (χ2n) is 9.18. The van der Waals surface area contributed by atoms with E-state index < -0.39 is 0 Å². The topological polar surface area (TPSA) is 72.0 Å². The zero-order valence-corrected chi connectivity index (χ0v) is 17.6. The highest BCUT2D eigenvalue weighted by molar-refractivity contribution is 5.94. The molecule has 4 aliphatic rings. The second-order valence-corrected chi connectivity index (χ2v) is 9.18. The van der Waals surface area contributed by atoms with Crippen LogP contribution in [0.25, 0.3) is 0 Å². The molecule has 0 spiro atoms. The molecule has 0 aromatic carbocycles. The summed E-state index contributed by atoms with van der Waals surface area (Å²) in [6, 6.07) is 1.97. The molecule has 162 valence electrons. The molecule has 0 radical (unpaired) electrons. The molecule has 3 fully saturated rings. The fourth-order valence-corrected chi connectivity index (χ4v) is 5.35. The lowest BCUT2D eigenvalue weighted by atomic mass is 9.95. The van der Waals surface area contributed by atoms with Gasteiger partial charge in [-0.25, -0.2) is 0 Å². The third-order valence-corrected chi connectivity index (χ3v) is 7.03. The molecule has 4 heterocycles. The van der Waals surface area contributed by atoms with Crippen LogP contribution in [0, 0.1) is 11.8 Å². The van der Waals surface area contributed by atoms with E-state index in [-0.39, 0.29) is 29.7 Å². The van der Waals surface area contributed by atoms with E-state index >= 15 is 0 Å². The molecule has 3 saturated heterocycles. The molecule has 5 rings (SSSR count). The Kier molecular flexibility index (Phi) is 5.74. The van der Waals surface area contributed by atoms with E-state index in [4.69, 9.17) is 9.47 Å². The fraction of sp³-hybridized carbons (Fsp3) is 0.696. The number of aryl methyl sites for hydroxylation is 2. The van der Waals surface area contributed by atoms with Crippen molar-refractivity contribution >= 4 is 11.8 Å². The number of aromatic nitrogens is 1. The Balaban J connectivity index is 1.34. The highest BCUT2D eigenvalue weighted by Gasteiger charge is 2.39. The smallest absolute Gasteiger partial charge is 0.255 e. The lowest BCUT2D eigenvalue weighted by Gasteiger charge is -2.34. The second kappa shape index (κ2) is 8.63. The van der Waals surface area contributed by atoms with Crippen LogP contribution in [0.5, 0.6) is 0 Å². The van der Waals surface area contributed by atoms with Gasteiger partial charge in [-0.15, -0.1) is 0 Å². The number of carbonyl (C=O) groups is 2. The monoisotopic (exact) mass is 413 g/mol. The minimum Gasteiger partial charge on any atom is -0.381 e. The zero-order valence-electron chi connectivity index (χ0n) is 17.6. The Morgan fingerprint density at radius 1 is 1.00 bits per heavy atom. The SMILES string of the molecule is O=C(c1cnc2c(c1)CCCC2)N1C[C@@H]2COC[C@H](C1)N(C(=O)C1CCOCC1)C2. The Labute approximate surface area is 177 Å². The standard InChI is InChI=1S/C23H31N3O4/c27-22(19-9-18-3-1-2-4-21(18)24-10-19)25-11-16-12-26(20(13-25)15-30-14-16)23(28)17-5-7-29-8-6-17/h9-10,16-17,20H,1-8,11-15H2/t16-,20-/m0/s1. The first-order valence-corrected chi connectivity index (χ1v) is 11.4. The summed E-state index contributed by atoms with van der Waals surface area (Å²) >= 11 is 0. The Morgan fingerprint density at radius 3 is 2.70 bits per heavy atom. The first-order chi connectivity index (χ1) is 14.7. The molecule has 30 heavy (non-hydrogen) atoms. The van der Waals surface area contributed by atoms with Gasteiger partial charge in [0.15, 0.2) is 0 Å². The first-order valence-electron chi connectivity index (χ1n) is 11.4. The van der Waals surface area contributed by atoms with Crippen LogP contribution in [-0.4, -0.2) is 78.7 Å². The normalized spacial score (nSPS) is 27.3. The maximum Gasteiger partial charge on any atom is 0.255 e. The molecule has 2 bridgehead atoms. The number of hydrogen-bond acceptors (Lipinski definition) is 5. The minimum atomic E-state index is -0.0811. The van der Waals surface area contributed by atoms with E-state index in [2.05, 4.69) is 4.98 Å². The Bertz CT molecular complexity index is 808. The third-order valence-electron chi connectivity index (χ3n) is 7.03. The van der Waals surface area contributed by atoms with Gasteiger partial charge in [0.2, 0.25) is 5.91 Å². The predicted molar refractivity (Wildman–Crippen MR) is 110 cm³/mol. The van der Waals surface area contributed by atoms with Gasteiger partial charge in [0.05, 0.1) is 24.8 Å². The van der Waals surface area contributed by atoms with Crippen LogP contribution in [0.3, 0.4) is 0 Å². The quantitative estimate of drug-likeness (QED) is 0.738. The largest absolute Gasteiger partial charge is 0.381 e. The maximum absolute atomic E-state index is 13.4. The van der Waals surface area contributed by atoms with Crippen molar-refractivity contribution in [2.45, 2.75) is 44.6 Å². The molecule has 7 heteroatoms. The third kappa shape index (κ3) is 3.97. The Hall–Kier alpha value is -1.99. The van der Waals surface area contributed by atoms with Crippen molar-refractivity contribution in [3.63, 3.8) is 0 Å². The van der Waals surface area contributed by atoms with Crippen LogP contribution in [0.2, 0.25) is 0 Å². The summed E-state index contributed by atoms with van der Waals surface area (Å²) in [5, 5.41) is 0. The molecule has 1 aliphatic carbocycles. The van der Waals surface area contributed by atoms with E-state index in [1.807, 2.05) is 15.9 Å². The number of fused-ring (bicyclic) bond motifs is 4. The van der Waals surface area contributed by atoms with Gasteiger partial charge >= 0.3 is 0 Å². The molecule has 0 saturated carbocycles. The highest BCUT2D eigenvalue weighted by Crippen LogP contribution is 2.27. The van der Waals surface area contributed by atoms with Crippen LogP contribution in [0.1, 0.15) is 47.3 Å². The number of amides is 2. The summed E-state index contributed by atoms with van der Waals surface area (Å²) in [5.74, 6) is 0.430. The van der Waals surface area contributed by atoms with Gasteiger partial charge in [-0.05, 0) is 50.2 Å². The molecule has 1 aromatic rings. The summed E-state index contributed by atoms with van der Waals surface area (Å²) in [5.41, 5.74) is 3.05. The van der Waals surface area contributed by atoms with Gasteiger partial charge in [-0.1, -0.05) is 0 Å². The van der Waals surface area contributed by atoms with E-state index in [0.29, 0.717) is 51.6 Å². The van der Waals surface area contributed by atoms with Crippen molar-refractivity contribution in [2.75, 3.05) is 46.1 Å². The molecule has 7 nitrogen and oxygen atoms in total. The van der Waals surface area contributed by atoms with Gasteiger partial charge < -0.3 is 19.3 Å². The van der Waals surface area contributed by atoms with E-state index in [9.17, 15) is 9.59 Å². The lowest BCUT2D eigenvalue weighted by Crippen LogP contribution is -2.50. The predicted octanol–water partition coefficient (Wildman–Crippen LogP) is 1.69. The number of pyridine rings is 1. The molecule has 0 N–H and O–H groups in total. The van der Waals surface area contributed by atoms with Gasteiger partial charge in [-0.3, -0.25) is 14.6 Å². The lowest BCUT2D eigenvalue weighted by molar-refractivity contribution is -0.141. The minimum absolute atomic E-state index is 0.0343. The Morgan fingerprint density at radius 2 is 1.83 bits per heavy atom. The van der Waals surface area contributed by atoms with Crippen LogP contribution in [0.4, 0.5) is 0 Å². The zero-order chi connectivity index (χ0) is 20.5. The highest BCUT2D eigenvalue weighted by atomic mass is 16.5. The van der Waals surface area contributed by atoms with Crippen molar-refractivity contribution in [2.24, 2.45) is 11.8 Å². The summed E-state index contributed by atoms with van der Waals surface area (Å²) in [7, 11) is 0. The summed E-state index contributed by atoms with van der Waals surface area (Å²) in [4.78, 5) is 35.2. The summed E-state index contributed by atoms with van der Waals surface area (Å²) in [6.07, 6.45) is 7.69. The summed E-state index contributed by atoms with van der Waals surface area (Å²) in [6.45, 7) is 4.24. The van der Waals surface area contributed by atoms with E-state index in [0.717, 1.165) is 31.4 Å². The van der Waals surface area contributed by atoms with Crippen molar-refractivity contribution in [1.29, 1.82) is 0 Å². The number of nitrogens with zero attached hydrogens (tertiary/aromatic N) is 3. The van der Waals surface area contributed by atoms with Gasteiger partial charge in [0.25, 0.3) is 5.91 Å². The van der Waals surface area contributed by atoms with Crippen LogP contribution in [0.15, 0.2) is 12.3 Å². The molecule has 2 atom stereocenters. The summed E-state index contributed by atoms with van der Waals surface area (Å²) < 4.78 is 11.3. The van der Waals surface area contributed by atoms with Crippen LogP contribution < -0.4 is 0 Å². The number of carbonyl (C=O) groups excluding carboxylic acids is 2. The molecule has 1 aromatic heterocycles. The maximum atomic E-state index is 13.4. The molecule has 3 aliphatic heterocycles. The van der Waals surface area contributed by atoms with Gasteiger partial charge in [-0.2, -0.15) is 0 Å². The fourth-order valence-electron chi connectivity index (χ4n) is 5.35. The average Bonchev–Trinajstić information content (AvgIpc) is 3.09. The number of hydrogen-bond donors (Lipinski definition) is 0. The van der Waals surface area contributed by atoms with Gasteiger partial charge in [0.1, 0.15) is 0 Å². The molecular formula is C23H31N3O4.